The van der Waals surface area contributed by atoms with Gasteiger partial charge >= 0.3 is 11.9 Å². The average molecular weight is 327 g/mol. The second kappa shape index (κ2) is 7.28. The van der Waals surface area contributed by atoms with Gasteiger partial charge in [-0.25, -0.2) is 9.78 Å². The van der Waals surface area contributed by atoms with Crippen molar-refractivity contribution >= 4 is 35.0 Å². The molecule has 0 radical (unpaired) electrons. The molecule has 0 unspecified atom stereocenters. The number of carbonyl (C=O) groups is 2. The van der Waals surface area contributed by atoms with E-state index >= 15 is 0 Å². The van der Waals surface area contributed by atoms with Crippen molar-refractivity contribution in [3.05, 3.63) is 34.7 Å². The molecule has 1 N–H and O–H groups in total. The minimum Gasteiger partial charge on any atom is -0.481 e. The van der Waals surface area contributed by atoms with Gasteiger partial charge in [-0.2, -0.15) is 0 Å². The van der Waals surface area contributed by atoms with Crippen molar-refractivity contribution in [2.24, 2.45) is 0 Å². The molecule has 0 amide bonds. The molecule has 0 spiro atoms. The van der Waals surface area contributed by atoms with Crippen LogP contribution in [0, 0.1) is 0 Å². The van der Waals surface area contributed by atoms with Gasteiger partial charge in [0, 0.05) is 5.38 Å². The Morgan fingerprint density at radius 3 is 3.05 bits per heavy atom. The van der Waals surface area contributed by atoms with Crippen molar-refractivity contribution in [3.8, 4) is 0 Å². The number of ether oxygens (including phenoxy) is 1. The number of carboxylic acid groups (broad SMARTS) is 1. The number of hydrogen-bond donors (Lipinski definition) is 1. The molecule has 0 aliphatic carbocycles. The number of hydrogen-bond acceptors (Lipinski definition) is 7. The maximum absolute atomic E-state index is 11.7. The van der Waals surface area contributed by atoms with Crippen molar-refractivity contribution in [1.82, 2.24) is 4.98 Å². The molecule has 0 atom stereocenters. The standard InChI is InChI=1S/C13H13NO5S2/c1-2-18-12(17)9-3-4-19-10(9)7-21-13-14-8(6-20-13)5-11(15)16/h3-4,6H,2,5,7H2,1H3,(H,15,16). The lowest BCUT2D eigenvalue weighted by Crippen LogP contribution is -2.05. The van der Waals surface area contributed by atoms with Gasteiger partial charge in [0.05, 0.1) is 30.7 Å². The summed E-state index contributed by atoms with van der Waals surface area (Å²) in [5.74, 6) is -0.366. The zero-order valence-corrected chi connectivity index (χ0v) is 12.8. The molecule has 0 aliphatic heterocycles. The topological polar surface area (TPSA) is 89.6 Å². The number of furan rings is 1. The number of thiazole rings is 1. The minimum atomic E-state index is -0.910. The molecule has 0 saturated carbocycles. The summed E-state index contributed by atoms with van der Waals surface area (Å²) in [6.07, 6.45) is 1.35. The predicted molar refractivity (Wildman–Crippen MR) is 77.7 cm³/mol. The third-order valence-corrected chi connectivity index (χ3v) is 4.50. The number of aliphatic carboxylic acids is 1. The van der Waals surface area contributed by atoms with Gasteiger partial charge < -0.3 is 14.3 Å². The fourth-order valence-electron chi connectivity index (χ4n) is 1.56. The highest BCUT2D eigenvalue weighted by Crippen LogP contribution is 2.28. The third kappa shape index (κ3) is 4.33. The first kappa shape index (κ1) is 15.6. The maximum Gasteiger partial charge on any atom is 0.341 e. The smallest absolute Gasteiger partial charge is 0.341 e. The van der Waals surface area contributed by atoms with Gasteiger partial charge in [-0.05, 0) is 13.0 Å². The molecule has 112 valence electrons. The predicted octanol–water partition coefficient (Wildman–Crippen LogP) is 2.83. The molecular weight excluding hydrogens is 314 g/mol. The first-order valence-corrected chi connectivity index (χ1v) is 7.99. The molecule has 6 nitrogen and oxygen atoms in total. The number of carbonyl (C=O) groups excluding carboxylic acids is 1. The number of rotatable bonds is 7. The van der Waals surface area contributed by atoms with Crippen LogP contribution < -0.4 is 0 Å². The summed E-state index contributed by atoms with van der Waals surface area (Å²) in [6, 6.07) is 1.57. The van der Waals surface area contributed by atoms with Crippen molar-refractivity contribution in [3.63, 3.8) is 0 Å². The summed E-state index contributed by atoms with van der Waals surface area (Å²) in [6.45, 7) is 2.05. The summed E-state index contributed by atoms with van der Waals surface area (Å²) in [7, 11) is 0. The number of nitrogens with zero attached hydrogens (tertiary/aromatic N) is 1. The van der Waals surface area contributed by atoms with Gasteiger partial charge in [-0.1, -0.05) is 11.8 Å². The average Bonchev–Trinajstić information content (AvgIpc) is 3.04. The normalized spacial score (nSPS) is 10.5. The monoisotopic (exact) mass is 327 g/mol. The van der Waals surface area contributed by atoms with Crippen molar-refractivity contribution < 1.29 is 23.8 Å². The third-order valence-electron chi connectivity index (χ3n) is 2.43. The van der Waals surface area contributed by atoms with E-state index in [1.807, 2.05) is 0 Å². The van der Waals surface area contributed by atoms with Crippen LogP contribution in [0.4, 0.5) is 0 Å². The Labute approximate surface area is 129 Å². The Morgan fingerprint density at radius 2 is 2.33 bits per heavy atom. The number of esters is 1. The molecule has 21 heavy (non-hydrogen) atoms. The van der Waals surface area contributed by atoms with Gasteiger partial charge in [0.1, 0.15) is 11.3 Å². The molecule has 0 fully saturated rings. The highest BCUT2D eigenvalue weighted by atomic mass is 32.2. The molecule has 0 aliphatic rings. The van der Waals surface area contributed by atoms with E-state index in [1.54, 1.807) is 18.4 Å². The fourth-order valence-corrected chi connectivity index (χ4v) is 3.36. The summed E-state index contributed by atoms with van der Waals surface area (Å²) >= 11 is 2.76. The van der Waals surface area contributed by atoms with Gasteiger partial charge in [0.25, 0.3) is 0 Å². The van der Waals surface area contributed by atoms with E-state index in [0.29, 0.717) is 29.4 Å². The van der Waals surface area contributed by atoms with E-state index in [9.17, 15) is 9.59 Å². The second-order valence-electron chi connectivity index (χ2n) is 3.94. The number of aromatic nitrogens is 1. The van der Waals surface area contributed by atoms with Crippen LogP contribution in [0.25, 0.3) is 0 Å². The fraction of sp³-hybridized carbons (Fsp3) is 0.308. The first-order valence-electron chi connectivity index (χ1n) is 6.12. The van der Waals surface area contributed by atoms with E-state index < -0.39 is 11.9 Å². The zero-order chi connectivity index (χ0) is 15.2. The number of thioether (sulfide) groups is 1. The molecule has 0 bridgehead atoms. The highest BCUT2D eigenvalue weighted by Gasteiger charge is 2.16. The Balaban J connectivity index is 1.97. The van der Waals surface area contributed by atoms with Crippen LogP contribution in [0.3, 0.4) is 0 Å². The van der Waals surface area contributed by atoms with E-state index in [0.717, 1.165) is 4.34 Å². The van der Waals surface area contributed by atoms with E-state index in [1.165, 1.54) is 29.4 Å². The molecule has 8 heteroatoms. The lowest BCUT2D eigenvalue weighted by atomic mass is 10.3. The van der Waals surface area contributed by atoms with Gasteiger partial charge in [0.2, 0.25) is 0 Å². The van der Waals surface area contributed by atoms with Crippen LogP contribution in [-0.4, -0.2) is 28.6 Å². The molecule has 2 aromatic rings. The van der Waals surface area contributed by atoms with Crippen LogP contribution in [-0.2, 0) is 21.7 Å². The first-order chi connectivity index (χ1) is 10.1. The summed E-state index contributed by atoms with van der Waals surface area (Å²) < 4.78 is 11.0. The van der Waals surface area contributed by atoms with Crippen LogP contribution in [0.5, 0.6) is 0 Å². The molecule has 2 aromatic heterocycles. The van der Waals surface area contributed by atoms with Crippen LogP contribution >= 0.6 is 23.1 Å². The van der Waals surface area contributed by atoms with Crippen LogP contribution in [0.1, 0.15) is 28.7 Å². The molecule has 0 saturated heterocycles. The maximum atomic E-state index is 11.7. The van der Waals surface area contributed by atoms with Crippen LogP contribution in [0.15, 0.2) is 26.5 Å². The molecule has 2 rings (SSSR count). The van der Waals surface area contributed by atoms with Crippen molar-refractivity contribution in [2.45, 2.75) is 23.4 Å². The highest BCUT2D eigenvalue weighted by molar-refractivity contribution is 8.00. The Bertz CT molecular complexity index is 634. The largest absolute Gasteiger partial charge is 0.481 e. The van der Waals surface area contributed by atoms with E-state index in [-0.39, 0.29) is 6.42 Å². The summed E-state index contributed by atoms with van der Waals surface area (Å²) in [4.78, 5) is 26.5. The number of carboxylic acids is 1. The van der Waals surface area contributed by atoms with Crippen molar-refractivity contribution in [1.29, 1.82) is 0 Å². The van der Waals surface area contributed by atoms with Gasteiger partial charge in [-0.3, -0.25) is 4.79 Å². The van der Waals surface area contributed by atoms with E-state index in [2.05, 4.69) is 4.98 Å². The van der Waals surface area contributed by atoms with E-state index in [4.69, 9.17) is 14.3 Å². The molecule has 0 aromatic carbocycles. The Morgan fingerprint density at radius 1 is 1.52 bits per heavy atom. The van der Waals surface area contributed by atoms with Gasteiger partial charge in [-0.15, -0.1) is 11.3 Å². The minimum absolute atomic E-state index is 0.0914. The van der Waals surface area contributed by atoms with Crippen molar-refractivity contribution in [2.75, 3.05) is 6.61 Å². The lowest BCUT2D eigenvalue weighted by molar-refractivity contribution is -0.136. The Hall–Kier alpha value is -1.80. The summed E-state index contributed by atoms with van der Waals surface area (Å²) in [5, 5.41) is 10.4. The molecular formula is C13H13NO5S2. The Kier molecular flexibility index (Phi) is 5.40. The SMILES string of the molecule is CCOC(=O)c1ccoc1CSc1nc(CC(=O)O)cs1. The van der Waals surface area contributed by atoms with Crippen LogP contribution in [0.2, 0.25) is 0 Å². The second-order valence-corrected chi connectivity index (χ2v) is 6.02. The lowest BCUT2D eigenvalue weighted by Gasteiger charge is -2.01. The molecule has 2 heterocycles. The van der Waals surface area contributed by atoms with Gasteiger partial charge in [0.15, 0.2) is 4.34 Å². The zero-order valence-electron chi connectivity index (χ0n) is 11.2. The quantitative estimate of drug-likeness (QED) is 0.617. The summed E-state index contributed by atoms with van der Waals surface area (Å²) in [5.41, 5.74) is 0.937.